The van der Waals surface area contributed by atoms with Crippen LogP contribution in [0.4, 0.5) is 0 Å². The fourth-order valence-corrected chi connectivity index (χ4v) is 2.11. The molecule has 0 aliphatic heterocycles. The highest BCUT2D eigenvalue weighted by Gasteiger charge is 2.08. The summed E-state index contributed by atoms with van der Waals surface area (Å²) in [5.41, 5.74) is 7.58. The standard InChI is InChI=1S/C15H26N2/c1-3-12-17(4-2)13-15(16)11-10-14-8-6-5-7-9-14/h5-9,15H,3-4,10-13,16H2,1-2H3/t15-/m0/s1. The van der Waals surface area contributed by atoms with Gasteiger partial charge in [0.1, 0.15) is 0 Å². The minimum atomic E-state index is 0.293. The molecule has 0 radical (unpaired) electrons. The summed E-state index contributed by atoms with van der Waals surface area (Å²) in [5.74, 6) is 0. The van der Waals surface area contributed by atoms with Gasteiger partial charge in [-0.2, -0.15) is 0 Å². The molecule has 0 aromatic heterocycles. The van der Waals surface area contributed by atoms with Crippen LogP contribution in [0.5, 0.6) is 0 Å². The van der Waals surface area contributed by atoms with Gasteiger partial charge in [-0.25, -0.2) is 0 Å². The molecule has 17 heavy (non-hydrogen) atoms. The quantitative estimate of drug-likeness (QED) is 0.749. The minimum Gasteiger partial charge on any atom is -0.327 e. The van der Waals surface area contributed by atoms with E-state index in [4.69, 9.17) is 5.73 Å². The lowest BCUT2D eigenvalue weighted by molar-refractivity contribution is 0.265. The number of benzene rings is 1. The molecule has 0 bridgehead atoms. The Hall–Kier alpha value is -0.860. The smallest absolute Gasteiger partial charge is 0.0170 e. The fraction of sp³-hybridized carbons (Fsp3) is 0.600. The molecule has 0 saturated heterocycles. The third-order valence-corrected chi connectivity index (χ3v) is 3.13. The Morgan fingerprint density at radius 2 is 1.88 bits per heavy atom. The Morgan fingerprint density at radius 3 is 2.47 bits per heavy atom. The fourth-order valence-electron chi connectivity index (χ4n) is 2.11. The van der Waals surface area contributed by atoms with Crippen LogP contribution in [0.2, 0.25) is 0 Å². The summed E-state index contributed by atoms with van der Waals surface area (Å²) >= 11 is 0. The zero-order chi connectivity index (χ0) is 12.5. The third-order valence-electron chi connectivity index (χ3n) is 3.13. The van der Waals surface area contributed by atoms with Crippen LogP contribution in [0.1, 0.15) is 32.3 Å². The first-order valence-corrected chi connectivity index (χ1v) is 6.78. The molecule has 0 fully saturated rings. The molecule has 0 aliphatic rings. The second-order valence-electron chi connectivity index (χ2n) is 4.68. The van der Waals surface area contributed by atoms with Crippen molar-refractivity contribution in [3.8, 4) is 0 Å². The molecule has 1 aromatic rings. The summed E-state index contributed by atoms with van der Waals surface area (Å²) in [6, 6.07) is 10.9. The maximum Gasteiger partial charge on any atom is 0.0170 e. The van der Waals surface area contributed by atoms with Crippen molar-refractivity contribution in [3.63, 3.8) is 0 Å². The Balaban J connectivity index is 2.27. The molecule has 2 nitrogen and oxygen atoms in total. The molecule has 1 atom stereocenters. The summed E-state index contributed by atoms with van der Waals surface area (Å²) in [6.07, 6.45) is 3.37. The molecule has 0 saturated carbocycles. The van der Waals surface area contributed by atoms with Gasteiger partial charge in [0.2, 0.25) is 0 Å². The largest absolute Gasteiger partial charge is 0.327 e. The summed E-state index contributed by atoms with van der Waals surface area (Å²) < 4.78 is 0. The van der Waals surface area contributed by atoms with Crippen molar-refractivity contribution in [2.24, 2.45) is 5.73 Å². The highest BCUT2D eigenvalue weighted by atomic mass is 15.1. The zero-order valence-corrected chi connectivity index (χ0v) is 11.2. The molecule has 1 rings (SSSR count). The zero-order valence-electron chi connectivity index (χ0n) is 11.2. The van der Waals surface area contributed by atoms with Crippen LogP contribution in [0.25, 0.3) is 0 Å². The molecule has 0 unspecified atom stereocenters. The molecule has 0 aliphatic carbocycles. The summed E-state index contributed by atoms with van der Waals surface area (Å²) in [6.45, 7) is 7.72. The average Bonchev–Trinajstić information content (AvgIpc) is 2.37. The molecule has 96 valence electrons. The summed E-state index contributed by atoms with van der Waals surface area (Å²) in [5, 5.41) is 0. The first-order valence-electron chi connectivity index (χ1n) is 6.78. The van der Waals surface area contributed by atoms with Crippen LogP contribution in [0.15, 0.2) is 30.3 Å². The van der Waals surface area contributed by atoms with Crippen molar-refractivity contribution in [3.05, 3.63) is 35.9 Å². The molecule has 0 spiro atoms. The predicted molar refractivity (Wildman–Crippen MR) is 75.1 cm³/mol. The molecule has 2 heteroatoms. The minimum absolute atomic E-state index is 0.293. The van der Waals surface area contributed by atoms with Gasteiger partial charge in [-0.1, -0.05) is 44.2 Å². The Morgan fingerprint density at radius 1 is 1.18 bits per heavy atom. The molecule has 1 aromatic carbocycles. The maximum atomic E-state index is 6.19. The van der Waals surface area contributed by atoms with E-state index >= 15 is 0 Å². The van der Waals surface area contributed by atoms with E-state index in [2.05, 4.69) is 49.1 Å². The molecular formula is C15H26N2. The number of likely N-dealkylation sites (N-methyl/N-ethyl adjacent to an activating group) is 1. The summed E-state index contributed by atoms with van der Waals surface area (Å²) in [7, 11) is 0. The molecule has 0 heterocycles. The van der Waals surface area contributed by atoms with Crippen molar-refractivity contribution in [2.75, 3.05) is 19.6 Å². The van der Waals surface area contributed by atoms with Crippen molar-refractivity contribution >= 4 is 0 Å². The van der Waals surface area contributed by atoms with E-state index in [1.165, 1.54) is 12.0 Å². The number of rotatable bonds is 8. The van der Waals surface area contributed by atoms with E-state index in [0.29, 0.717) is 6.04 Å². The molecule has 2 N–H and O–H groups in total. The van der Waals surface area contributed by atoms with Gasteiger partial charge in [0.05, 0.1) is 0 Å². The topological polar surface area (TPSA) is 29.3 Å². The van der Waals surface area contributed by atoms with Crippen molar-refractivity contribution < 1.29 is 0 Å². The van der Waals surface area contributed by atoms with Crippen LogP contribution < -0.4 is 5.73 Å². The van der Waals surface area contributed by atoms with Gasteiger partial charge in [-0.3, -0.25) is 0 Å². The molecular weight excluding hydrogens is 208 g/mol. The average molecular weight is 234 g/mol. The van der Waals surface area contributed by atoms with Crippen LogP contribution >= 0.6 is 0 Å². The van der Waals surface area contributed by atoms with Gasteiger partial charge in [-0.05, 0) is 37.9 Å². The highest BCUT2D eigenvalue weighted by Crippen LogP contribution is 2.05. The van der Waals surface area contributed by atoms with E-state index < -0.39 is 0 Å². The predicted octanol–water partition coefficient (Wildman–Crippen LogP) is 2.68. The number of hydrogen-bond acceptors (Lipinski definition) is 2. The van der Waals surface area contributed by atoms with E-state index in [0.717, 1.165) is 32.5 Å². The third kappa shape index (κ3) is 5.85. The van der Waals surface area contributed by atoms with E-state index in [1.807, 2.05) is 0 Å². The Labute approximate surface area is 106 Å². The van der Waals surface area contributed by atoms with Gasteiger partial charge in [-0.15, -0.1) is 0 Å². The van der Waals surface area contributed by atoms with Crippen LogP contribution in [0.3, 0.4) is 0 Å². The number of hydrogen-bond donors (Lipinski definition) is 1. The van der Waals surface area contributed by atoms with Crippen molar-refractivity contribution in [1.82, 2.24) is 4.90 Å². The lowest BCUT2D eigenvalue weighted by Crippen LogP contribution is -2.38. The first-order chi connectivity index (χ1) is 8.26. The van der Waals surface area contributed by atoms with E-state index in [-0.39, 0.29) is 0 Å². The lowest BCUT2D eigenvalue weighted by Gasteiger charge is -2.23. The van der Waals surface area contributed by atoms with Crippen molar-refractivity contribution in [1.29, 1.82) is 0 Å². The maximum absolute atomic E-state index is 6.19. The van der Waals surface area contributed by atoms with Gasteiger partial charge in [0.15, 0.2) is 0 Å². The lowest BCUT2D eigenvalue weighted by atomic mass is 10.1. The Bertz CT molecular complexity index is 284. The summed E-state index contributed by atoms with van der Waals surface area (Å²) in [4.78, 5) is 2.44. The first kappa shape index (κ1) is 14.2. The second-order valence-corrected chi connectivity index (χ2v) is 4.68. The van der Waals surface area contributed by atoms with Crippen LogP contribution in [-0.2, 0) is 6.42 Å². The SMILES string of the molecule is CCCN(CC)C[C@@H](N)CCc1ccccc1. The van der Waals surface area contributed by atoms with Crippen LogP contribution in [-0.4, -0.2) is 30.6 Å². The number of nitrogens with zero attached hydrogens (tertiary/aromatic N) is 1. The van der Waals surface area contributed by atoms with E-state index in [9.17, 15) is 0 Å². The number of aryl methyl sites for hydroxylation is 1. The van der Waals surface area contributed by atoms with Gasteiger partial charge >= 0.3 is 0 Å². The molecule has 0 amide bonds. The van der Waals surface area contributed by atoms with Gasteiger partial charge in [0.25, 0.3) is 0 Å². The van der Waals surface area contributed by atoms with Gasteiger partial charge < -0.3 is 10.6 Å². The highest BCUT2D eigenvalue weighted by molar-refractivity contribution is 5.14. The second kappa shape index (κ2) is 8.26. The van der Waals surface area contributed by atoms with Crippen LogP contribution in [0, 0.1) is 0 Å². The number of nitrogens with two attached hydrogens (primary N) is 1. The Kier molecular flexibility index (Phi) is 6.90. The van der Waals surface area contributed by atoms with Crippen molar-refractivity contribution in [2.45, 2.75) is 39.2 Å². The van der Waals surface area contributed by atoms with Gasteiger partial charge in [0, 0.05) is 12.6 Å². The normalized spacial score (nSPS) is 12.9. The monoisotopic (exact) mass is 234 g/mol. The van der Waals surface area contributed by atoms with E-state index in [1.54, 1.807) is 0 Å².